The van der Waals surface area contributed by atoms with E-state index in [0.29, 0.717) is 17.3 Å². The average molecular weight is 326 g/mol. The second-order valence-electron chi connectivity index (χ2n) is 6.14. The molecule has 0 radical (unpaired) electrons. The van der Waals surface area contributed by atoms with Crippen molar-refractivity contribution in [2.45, 2.75) is 19.8 Å². The Labute approximate surface area is 141 Å². The zero-order valence-corrected chi connectivity index (χ0v) is 14.0. The highest BCUT2D eigenvalue weighted by Gasteiger charge is 2.18. The molecule has 3 rings (SSSR count). The molecule has 1 atom stereocenters. The van der Waals surface area contributed by atoms with Gasteiger partial charge >= 0.3 is 0 Å². The first kappa shape index (κ1) is 16.2. The molecular weight excluding hydrogens is 304 g/mol. The first-order chi connectivity index (χ1) is 11.7. The predicted octanol–water partition coefficient (Wildman–Crippen LogP) is 2.97. The van der Waals surface area contributed by atoms with Gasteiger partial charge in [0.15, 0.2) is 0 Å². The van der Waals surface area contributed by atoms with Crippen LogP contribution in [0, 0.1) is 5.92 Å². The minimum Gasteiger partial charge on any atom is -0.497 e. The quantitative estimate of drug-likeness (QED) is 0.935. The van der Waals surface area contributed by atoms with Crippen LogP contribution < -0.4 is 15.0 Å². The molecule has 0 aliphatic carbocycles. The van der Waals surface area contributed by atoms with Crippen LogP contribution in [0.25, 0.3) is 0 Å². The number of aromatic nitrogens is 2. The number of carbonyl (C=O) groups is 1. The Balaban J connectivity index is 1.64. The normalized spacial score (nSPS) is 17.4. The number of piperidine rings is 1. The van der Waals surface area contributed by atoms with E-state index in [9.17, 15) is 4.79 Å². The molecule has 1 aliphatic rings. The van der Waals surface area contributed by atoms with Gasteiger partial charge in [0, 0.05) is 18.8 Å². The highest BCUT2D eigenvalue weighted by atomic mass is 16.5. The van der Waals surface area contributed by atoms with Crippen LogP contribution in [-0.2, 0) is 0 Å². The molecule has 0 bridgehead atoms. The van der Waals surface area contributed by atoms with E-state index in [4.69, 9.17) is 4.74 Å². The Morgan fingerprint density at radius 3 is 2.67 bits per heavy atom. The van der Waals surface area contributed by atoms with Crippen LogP contribution in [0.2, 0.25) is 0 Å². The van der Waals surface area contributed by atoms with E-state index in [1.165, 1.54) is 19.0 Å². The highest BCUT2D eigenvalue weighted by Crippen LogP contribution is 2.20. The summed E-state index contributed by atoms with van der Waals surface area (Å²) >= 11 is 0. The fourth-order valence-corrected chi connectivity index (χ4v) is 2.87. The smallest absolute Gasteiger partial charge is 0.275 e. The van der Waals surface area contributed by atoms with Gasteiger partial charge in [0.1, 0.15) is 17.3 Å². The van der Waals surface area contributed by atoms with Crippen molar-refractivity contribution < 1.29 is 9.53 Å². The molecule has 1 aromatic heterocycles. The first-order valence-corrected chi connectivity index (χ1v) is 8.18. The standard InChI is InChI=1S/C18H22N4O2/c1-13-4-3-9-22(12-13)17-11-19-16(10-20-17)18(23)21-14-5-7-15(24-2)8-6-14/h5-8,10-11,13H,3-4,9,12H2,1-2H3,(H,21,23). The molecular formula is C18H22N4O2. The Morgan fingerprint density at radius 1 is 1.25 bits per heavy atom. The van der Waals surface area contributed by atoms with Gasteiger partial charge in [-0.25, -0.2) is 9.97 Å². The third kappa shape index (κ3) is 3.82. The van der Waals surface area contributed by atoms with Crippen molar-refractivity contribution in [2.24, 2.45) is 5.92 Å². The second-order valence-corrected chi connectivity index (χ2v) is 6.14. The number of rotatable bonds is 4. The lowest BCUT2D eigenvalue weighted by Gasteiger charge is -2.31. The van der Waals surface area contributed by atoms with Gasteiger partial charge in [0.25, 0.3) is 5.91 Å². The van der Waals surface area contributed by atoms with Gasteiger partial charge in [0.05, 0.1) is 19.5 Å². The predicted molar refractivity (Wildman–Crippen MR) is 93.6 cm³/mol. The van der Waals surface area contributed by atoms with Gasteiger partial charge in [-0.15, -0.1) is 0 Å². The summed E-state index contributed by atoms with van der Waals surface area (Å²) in [5.74, 6) is 1.97. The van der Waals surface area contributed by atoms with Gasteiger partial charge < -0.3 is 15.0 Å². The van der Waals surface area contributed by atoms with Gasteiger partial charge in [-0.05, 0) is 43.0 Å². The number of ether oxygens (including phenoxy) is 1. The number of hydrogen-bond donors (Lipinski definition) is 1. The van der Waals surface area contributed by atoms with Crippen LogP contribution in [-0.4, -0.2) is 36.1 Å². The maximum Gasteiger partial charge on any atom is 0.275 e. The summed E-state index contributed by atoms with van der Waals surface area (Å²) < 4.78 is 5.10. The number of nitrogens with zero attached hydrogens (tertiary/aromatic N) is 3. The molecule has 24 heavy (non-hydrogen) atoms. The molecule has 0 saturated carbocycles. The summed E-state index contributed by atoms with van der Waals surface area (Å²) in [5.41, 5.74) is 0.996. The fourth-order valence-electron chi connectivity index (χ4n) is 2.87. The van der Waals surface area contributed by atoms with E-state index in [2.05, 4.69) is 27.1 Å². The lowest BCUT2D eigenvalue weighted by molar-refractivity contribution is 0.102. The van der Waals surface area contributed by atoms with Crippen LogP contribution >= 0.6 is 0 Å². The number of amides is 1. The molecule has 126 valence electrons. The Morgan fingerprint density at radius 2 is 2.04 bits per heavy atom. The van der Waals surface area contributed by atoms with E-state index < -0.39 is 0 Å². The van der Waals surface area contributed by atoms with Crippen molar-refractivity contribution >= 4 is 17.4 Å². The third-order valence-corrected chi connectivity index (χ3v) is 4.20. The lowest BCUT2D eigenvalue weighted by atomic mass is 10.0. The number of methoxy groups -OCH3 is 1. The molecule has 1 N–H and O–H groups in total. The van der Waals surface area contributed by atoms with Crippen LogP contribution in [0.4, 0.5) is 11.5 Å². The summed E-state index contributed by atoms with van der Waals surface area (Å²) in [6, 6.07) is 7.16. The van der Waals surface area contributed by atoms with Crippen molar-refractivity contribution in [3.63, 3.8) is 0 Å². The molecule has 1 aromatic carbocycles. The number of carbonyl (C=O) groups excluding carboxylic acids is 1. The lowest BCUT2D eigenvalue weighted by Crippen LogP contribution is -2.35. The molecule has 1 aliphatic heterocycles. The van der Waals surface area contributed by atoms with E-state index in [1.54, 1.807) is 37.6 Å². The number of hydrogen-bond acceptors (Lipinski definition) is 5. The van der Waals surface area contributed by atoms with Crippen LogP contribution in [0.1, 0.15) is 30.3 Å². The Bertz CT molecular complexity index is 685. The van der Waals surface area contributed by atoms with Gasteiger partial charge in [-0.1, -0.05) is 6.92 Å². The summed E-state index contributed by atoms with van der Waals surface area (Å²) in [7, 11) is 1.60. The van der Waals surface area contributed by atoms with E-state index in [0.717, 1.165) is 24.7 Å². The molecule has 2 aromatic rings. The Hall–Kier alpha value is -2.63. The van der Waals surface area contributed by atoms with Crippen LogP contribution in [0.3, 0.4) is 0 Å². The van der Waals surface area contributed by atoms with Crippen LogP contribution in [0.5, 0.6) is 5.75 Å². The minimum atomic E-state index is -0.272. The van der Waals surface area contributed by atoms with Crippen molar-refractivity contribution in [1.82, 2.24) is 9.97 Å². The zero-order valence-electron chi connectivity index (χ0n) is 14.0. The number of nitrogens with one attached hydrogen (secondary N) is 1. The maximum atomic E-state index is 12.2. The highest BCUT2D eigenvalue weighted by molar-refractivity contribution is 6.02. The molecule has 1 amide bonds. The zero-order chi connectivity index (χ0) is 16.9. The SMILES string of the molecule is COc1ccc(NC(=O)c2cnc(N3CCCC(C)C3)cn2)cc1. The topological polar surface area (TPSA) is 67.3 Å². The summed E-state index contributed by atoms with van der Waals surface area (Å²) in [6.07, 6.45) is 5.64. The Kier molecular flexibility index (Phi) is 4.93. The van der Waals surface area contributed by atoms with Crippen LogP contribution in [0.15, 0.2) is 36.7 Å². The third-order valence-electron chi connectivity index (χ3n) is 4.20. The number of anilines is 2. The molecule has 1 saturated heterocycles. The fraction of sp³-hybridized carbons (Fsp3) is 0.389. The van der Waals surface area contributed by atoms with E-state index >= 15 is 0 Å². The van der Waals surface area contributed by atoms with Crippen molar-refractivity contribution in [3.05, 3.63) is 42.4 Å². The van der Waals surface area contributed by atoms with Gasteiger partial charge in [0.2, 0.25) is 0 Å². The maximum absolute atomic E-state index is 12.2. The minimum absolute atomic E-state index is 0.272. The van der Waals surface area contributed by atoms with Gasteiger partial charge in [-0.3, -0.25) is 4.79 Å². The number of benzene rings is 1. The van der Waals surface area contributed by atoms with Crippen molar-refractivity contribution in [1.29, 1.82) is 0 Å². The summed E-state index contributed by atoms with van der Waals surface area (Å²) in [4.78, 5) is 23.2. The largest absolute Gasteiger partial charge is 0.497 e. The molecule has 2 heterocycles. The first-order valence-electron chi connectivity index (χ1n) is 8.18. The molecule has 1 fully saturated rings. The van der Waals surface area contributed by atoms with Crippen molar-refractivity contribution in [2.75, 3.05) is 30.4 Å². The monoisotopic (exact) mass is 326 g/mol. The van der Waals surface area contributed by atoms with Crippen molar-refractivity contribution in [3.8, 4) is 5.75 Å². The van der Waals surface area contributed by atoms with E-state index in [-0.39, 0.29) is 5.91 Å². The molecule has 6 nitrogen and oxygen atoms in total. The molecule has 0 spiro atoms. The van der Waals surface area contributed by atoms with E-state index in [1.807, 2.05) is 0 Å². The second kappa shape index (κ2) is 7.29. The molecule has 6 heteroatoms. The summed E-state index contributed by atoms with van der Waals surface area (Å²) in [5, 5.41) is 2.80. The van der Waals surface area contributed by atoms with Gasteiger partial charge in [-0.2, -0.15) is 0 Å². The molecule has 1 unspecified atom stereocenters. The average Bonchev–Trinajstić information content (AvgIpc) is 2.62. The summed E-state index contributed by atoms with van der Waals surface area (Å²) in [6.45, 7) is 4.23.